The number of carbonyl (C=O) groups is 2. The van der Waals surface area contributed by atoms with Gasteiger partial charge in [-0.15, -0.1) is 0 Å². The van der Waals surface area contributed by atoms with Crippen LogP contribution in [0.4, 0.5) is 4.79 Å². The van der Waals surface area contributed by atoms with Crippen molar-refractivity contribution in [3.8, 4) is 5.75 Å². The first kappa shape index (κ1) is 23.8. The molecule has 7 heteroatoms. The van der Waals surface area contributed by atoms with Crippen molar-refractivity contribution in [2.75, 3.05) is 13.2 Å². The number of fused-ring (bicyclic) bond motifs is 1. The Morgan fingerprint density at radius 1 is 1.00 bits per heavy atom. The van der Waals surface area contributed by atoms with Crippen LogP contribution in [0.1, 0.15) is 31.4 Å². The average Bonchev–Trinajstić information content (AvgIpc) is 2.83. The maximum atomic E-state index is 12.9. The molecular formula is C26H29N3O4. The summed E-state index contributed by atoms with van der Waals surface area (Å²) in [5.74, 6) is 0.249. The highest BCUT2D eigenvalue weighted by Gasteiger charge is 2.21. The Bertz CT molecular complexity index is 1100. The smallest absolute Gasteiger partial charge is 0.407 e. The topological polar surface area (TPSA) is 89.0 Å². The second-order valence-corrected chi connectivity index (χ2v) is 7.39. The van der Waals surface area contributed by atoms with Gasteiger partial charge in [0.15, 0.2) is 0 Å². The fraction of sp³-hybridized carbons (Fsp3) is 0.269. The molecule has 172 valence electrons. The predicted octanol–water partition coefficient (Wildman–Crippen LogP) is 4.44. The maximum absolute atomic E-state index is 12.9. The molecule has 7 nitrogen and oxygen atoms in total. The molecule has 1 atom stereocenters. The molecular weight excluding hydrogens is 418 g/mol. The van der Waals surface area contributed by atoms with E-state index in [4.69, 9.17) is 9.47 Å². The number of rotatable bonds is 10. The van der Waals surface area contributed by atoms with Crippen LogP contribution in [-0.2, 0) is 16.0 Å². The van der Waals surface area contributed by atoms with Gasteiger partial charge in [0.05, 0.1) is 19.4 Å². The van der Waals surface area contributed by atoms with E-state index < -0.39 is 18.0 Å². The van der Waals surface area contributed by atoms with Crippen LogP contribution in [-0.4, -0.2) is 37.5 Å². The first-order chi connectivity index (χ1) is 16.1. The summed E-state index contributed by atoms with van der Waals surface area (Å²) < 4.78 is 10.8. The standard InChI is InChI=1S/C26H29N3O4/c1-3-16-33-24-15-14-20-12-8-9-13-21(20)22(24)18-27-29-25(30)23(28-26(31)32-4-2)17-19-10-6-5-7-11-19/h5-15,18,23H,3-4,16-17H2,1-2H3,(H,28,31)(H,29,30)/b27-18-/t23-/m1/s1. The van der Waals surface area contributed by atoms with Crippen LogP contribution in [0.25, 0.3) is 10.8 Å². The molecule has 3 aromatic carbocycles. The number of hydrogen-bond acceptors (Lipinski definition) is 5. The SMILES string of the molecule is CCCOc1ccc2ccccc2c1/C=N\NC(=O)[C@@H](Cc1ccccc1)NC(=O)OCC. The zero-order chi connectivity index (χ0) is 23.5. The van der Waals surface area contributed by atoms with E-state index in [0.29, 0.717) is 18.8 Å². The average molecular weight is 448 g/mol. The Labute approximate surface area is 193 Å². The third-order valence-electron chi connectivity index (χ3n) is 4.93. The summed E-state index contributed by atoms with van der Waals surface area (Å²) in [6.07, 6.45) is 2.11. The fourth-order valence-corrected chi connectivity index (χ4v) is 3.36. The van der Waals surface area contributed by atoms with Crippen LogP contribution in [0, 0.1) is 0 Å². The third-order valence-corrected chi connectivity index (χ3v) is 4.93. The monoisotopic (exact) mass is 447 g/mol. The van der Waals surface area contributed by atoms with E-state index >= 15 is 0 Å². The minimum atomic E-state index is -0.841. The molecule has 0 saturated heterocycles. The van der Waals surface area contributed by atoms with Gasteiger partial charge < -0.3 is 14.8 Å². The summed E-state index contributed by atoms with van der Waals surface area (Å²) in [5.41, 5.74) is 4.23. The number of amides is 2. The highest BCUT2D eigenvalue weighted by atomic mass is 16.5. The molecule has 3 aromatic rings. The second kappa shape index (κ2) is 12.2. The van der Waals surface area contributed by atoms with Crippen molar-refractivity contribution >= 4 is 29.0 Å². The summed E-state index contributed by atoms with van der Waals surface area (Å²) in [6, 6.07) is 20.4. The van der Waals surface area contributed by atoms with Crippen molar-refractivity contribution < 1.29 is 19.1 Å². The Hall–Kier alpha value is -3.87. The van der Waals surface area contributed by atoms with Crippen LogP contribution in [0.5, 0.6) is 5.75 Å². The molecule has 0 heterocycles. The number of benzene rings is 3. The molecule has 0 aromatic heterocycles. The number of hydrazone groups is 1. The molecule has 0 spiro atoms. The van der Waals surface area contributed by atoms with Crippen LogP contribution < -0.4 is 15.5 Å². The zero-order valence-electron chi connectivity index (χ0n) is 18.9. The van der Waals surface area contributed by atoms with Gasteiger partial charge in [0.2, 0.25) is 0 Å². The summed E-state index contributed by atoms with van der Waals surface area (Å²) in [7, 11) is 0. The molecule has 2 amide bonds. The number of alkyl carbamates (subject to hydrolysis) is 1. The summed E-state index contributed by atoms with van der Waals surface area (Å²) in [6.45, 7) is 4.54. The van der Waals surface area contributed by atoms with Crippen molar-refractivity contribution in [3.05, 3.63) is 77.9 Å². The summed E-state index contributed by atoms with van der Waals surface area (Å²) >= 11 is 0. The van der Waals surface area contributed by atoms with Gasteiger partial charge in [-0.25, -0.2) is 10.2 Å². The molecule has 2 N–H and O–H groups in total. The van der Waals surface area contributed by atoms with Gasteiger partial charge in [-0.2, -0.15) is 5.10 Å². The van der Waals surface area contributed by atoms with Crippen molar-refractivity contribution in [1.29, 1.82) is 0 Å². The van der Waals surface area contributed by atoms with Gasteiger partial charge in [0, 0.05) is 12.0 Å². The Morgan fingerprint density at radius 2 is 1.76 bits per heavy atom. The van der Waals surface area contributed by atoms with Gasteiger partial charge in [0.25, 0.3) is 5.91 Å². The van der Waals surface area contributed by atoms with E-state index in [2.05, 4.69) is 15.8 Å². The molecule has 0 radical (unpaired) electrons. The fourth-order valence-electron chi connectivity index (χ4n) is 3.36. The lowest BCUT2D eigenvalue weighted by Gasteiger charge is -2.17. The number of nitrogens with one attached hydrogen (secondary N) is 2. The molecule has 0 fully saturated rings. The molecule has 0 saturated carbocycles. The van der Waals surface area contributed by atoms with Crippen molar-refractivity contribution in [3.63, 3.8) is 0 Å². The van der Waals surface area contributed by atoms with Gasteiger partial charge in [-0.1, -0.05) is 67.6 Å². The third kappa shape index (κ3) is 6.80. The molecule has 0 bridgehead atoms. The first-order valence-electron chi connectivity index (χ1n) is 11.1. The molecule has 0 unspecified atom stereocenters. The lowest BCUT2D eigenvalue weighted by molar-refractivity contribution is -0.123. The van der Waals surface area contributed by atoms with Crippen LogP contribution in [0.2, 0.25) is 0 Å². The molecule has 0 aliphatic carbocycles. The van der Waals surface area contributed by atoms with E-state index in [1.165, 1.54) is 0 Å². The molecule has 0 aliphatic rings. The van der Waals surface area contributed by atoms with Crippen molar-refractivity contribution in [2.24, 2.45) is 5.10 Å². The summed E-state index contributed by atoms with van der Waals surface area (Å²) in [5, 5.41) is 8.80. The molecule has 33 heavy (non-hydrogen) atoms. The van der Waals surface area contributed by atoms with E-state index in [-0.39, 0.29) is 6.61 Å². The van der Waals surface area contributed by atoms with Crippen LogP contribution >= 0.6 is 0 Å². The lowest BCUT2D eigenvalue weighted by atomic mass is 10.0. The number of carbonyl (C=O) groups excluding carboxylic acids is 2. The van der Waals surface area contributed by atoms with Crippen molar-refractivity contribution in [2.45, 2.75) is 32.7 Å². The minimum absolute atomic E-state index is 0.214. The Kier molecular flexibility index (Phi) is 8.82. The van der Waals surface area contributed by atoms with Crippen LogP contribution in [0.3, 0.4) is 0 Å². The predicted molar refractivity (Wildman–Crippen MR) is 130 cm³/mol. The maximum Gasteiger partial charge on any atom is 0.407 e. The largest absolute Gasteiger partial charge is 0.493 e. The van der Waals surface area contributed by atoms with Gasteiger partial charge in [0.1, 0.15) is 11.8 Å². The normalized spacial score (nSPS) is 11.8. The Balaban J connectivity index is 1.79. The highest BCUT2D eigenvalue weighted by molar-refractivity contribution is 6.02. The Morgan fingerprint density at radius 3 is 2.52 bits per heavy atom. The molecule has 3 rings (SSSR count). The second-order valence-electron chi connectivity index (χ2n) is 7.39. The first-order valence-corrected chi connectivity index (χ1v) is 11.1. The lowest BCUT2D eigenvalue weighted by Crippen LogP contribution is -2.47. The van der Waals surface area contributed by atoms with E-state index in [0.717, 1.165) is 28.3 Å². The number of hydrogen-bond donors (Lipinski definition) is 2. The number of ether oxygens (including phenoxy) is 2. The van der Waals surface area contributed by atoms with Crippen LogP contribution in [0.15, 0.2) is 71.8 Å². The molecule has 0 aliphatic heterocycles. The minimum Gasteiger partial charge on any atom is -0.493 e. The van der Waals surface area contributed by atoms with E-state index in [9.17, 15) is 9.59 Å². The number of nitrogens with zero attached hydrogens (tertiary/aromatic N) is 1. The highest BCUT2D eigenvalue weighted by Crippen LogP contribution is 2.26. The quantitative estimate of drug-likeness (QED) is 0.355. The van der Waals surface area contributed by atoms with Crippen molar-refractivity contribution in [1.82, 2.24) is 10.7 Å². The zero-order valence-corrected chi connectivity index (χ0v) is 18.9. The van der Waals surface area contributed by atoms with E-state index in [1.807, 2.05) is 73.7 Å². The van der Waals surface area contributed by atoms with E-state index in [1.54, 1.807) is 13.1 Å². The van der Waals surface area contributed by atoms with Gasteiger partial charge in [-0.3, -0.25) is 4.79 Å². The summed E-state index contributed by atoms with van der Waals surface area (Å²) in [4.78, 5) is 24.8. The van der Waals surface area contributed by atoms with Gasteiger partial charge >= 0.3 is 6.09 Å². The van der Waals surface area contributed by atoms with Gasteiger partial charge in [-0.05, 0) is 35.7 Å².